The predicted molar refractivity (Wildman–Crippen MR) is 86.8 cm³/mol. The average molecular weight is 310 g/mol. The second kappa shape index (κ2) is 6.04. The summed E-state index contributed by atoms with van der Waals surface area (Å²) >= 11 is 0. The summed E-state index contributed by atoms with van der Waals surface area (Å²) in [6, 6.07) is 11.6. The van der Waals surface area contributed by atoms with E-state index in [1.807, 2.05) is 25.1 Å². The number of benzene rings is 2. The number of carbonyl (C=O) groups excluding carboxylic acids is 1. The number of carbonyl (C=O) groups is 1. The first-order chi connectivity index (χ1) is 11.1. The van der Waals surface area contributed by atoms with E-state index in [4.69, 9.17) is 4.74 Å². The molecule has 23 heavy (non-hydrogen) atoms. The molecule has 1 aliphatic heterocycles. The SMILES string of the molecule is COc1ccc(/C=C2/N=C(c3cccc(F)c3)NC2=O)cc1C. The van der Waals surface area contributed by atoms with E-state index in [9.17, 15) is 9.18 Å². The van der Waals surface area contributed by atoms with Gasteiger partial charge in [-0.25, -0.2) is 9.38 Å². The first-order valence-corrected chi connectivity index (χ1v) is 7.09. The van der Waals surface area contributed by atoms with Crippen LogP contribution in [0.3, 0.4) is 0 Å². The van der Waals surface area contributed by atoms with Crippen molar-refractivity contribution in [3.63, 3.8) is 0 Å². The lowest BCUT2D eigenvalue weighted by atomic mass is 10.1. The van der Waals surface area contributed by atoms with Crippen LogP contribution in [0.2, 0.25) is 0 Å². The van der Waals surface area contributed by atoms with Gasteiger partial charge in [0.2, 0.25) is 0 Å². The molecule has 116 valence electrons. The first kappa shape index (κ1) is 15.0. The second-order valence-corrected chi connectivity index (χ2v) is 5.18. The van der Waals surface area contributed by atoms with E-state index in [1.54, 1.807) is 25.3 Å². The minimum Gasteiger partial charge on any atom is -0.496 e. The van der Waals surface area contributed by atoms with E-state index in [2.05, 4.69) is 10.3 Å². The third-order valence-corrected chi connectivity index (χ3v) is 3.52. The molecule has 3 rings (SSSR count). The van der Waals surface area contributed by atoms with Gasteiger partial charge in [-0.15, -0.1) is 0 Å². The summed E-state index contributed by atoms with van der Waals surface area (Å²) in [6.07, 6.45) is 1.69. The molecule has 1 heterocycles. The fraction of sp³-hybridized carbons (Fsp3) is 0.111. The molecule has 0 aromatic heterocycles. The van der Waals surface area contributed by atoms with Gasteiger partial charge in [-0.2, -0.15) is 0 Å². The Morgan fingerprint density at radius 1 is 1.22 bits per heavy atom. The van der Waals surface area contributed by atoms with Gasteiger partial charge >= 0.3 is 0 Å². The number of hydrogen-bond donors (Lipinski definition) is 1. The molecule has 0 unspecified atom stereocenters. The summed E-state index contributed by atoms with van der Waals surface area (Å²) in [7, 11) is 1.61. The summed E-state index contributed by atoms with van der Waals surface area (Å²) in [5.74, 6) is 0.457. The maximum absolute atomic E-state index is 13.3. The topological polar surface area (TPSA) is 50.7 Å². The molecule has 2 aromatic carbocycles. The number of nitrogens with zero attached hydrogens (tertiary/aromatic N) is 1. The minimum atomic E-state index is -0.373. The van der Waals surface area contributed by atoms with Gasteiger partial charge in [0.25, 0.3) is 5.91 Å². The number of amides is 1. The van der Waals surface area contributed by atoms with Crippen LogP contribution in [0.4, 0.5) is 4.39 Å². The molecule has 1 amide bonds. The summed E-state index contributed by atoms with van der Waals surface area (Å²) < 4.78 is 18.5. The van der Waals surface area contributed by atoms with Crippen molar-refractivity contribution in [3.8, 4) is 5.75 Å². The maximum Gasteiger partial charge on any atom is 0.275 e. The highest BCUT2D eigenvalue weighted by Crippen LogP contribution is 2.21. The van der Waals surface area contributed by atoms with Crippen LogP contribution < -0.4 is 10.1 Å². The molecule has 1 N–H and O–H groups in total. The van der Waals surface area contributed by atoms with Crippen molar-refractivity contribution in [3.05, 3.63) is 70.7 Å². The molecule has 0 atom stereocenters. The highest BCUT2D eigenvalue weighted by molar-refractivity contribution is 6.19. The van der Waals surface area contributed by atoms with Crippen LogP contribution in [0.1, 0.15) is 16.7 Å². The zero-order valence-electron chi connectivity index (χ0n) is 12.8. The van der Waals surface area contributed by atoms with E-state index in [0.717, 1.165) is 16.9 Å². The van der Waals surface area contributed by atoms with Crippen LogP contribution in [0.15, 0.2) is 53.2 Å². The van der Waals surface area contributed by atoms with Crippen LogP contribution in [0, 0.1) is 12.7 Å². The summed E-state index contributed by atoms with van der Waals surface area (Å²) in [5.41, 5.74) is 2.63. The molecule has 0 spiro atoms. The van der Waals surface area contributed by atoms with Gasteiger partial charge < -0.3 is 10.1 Å². The van der Waals surface area contributed by atoms with Gasteiger partial charge in [0.1, 0.15) is 23.1 Å². The van der Waals surface area contributed by atoms with E-state index in [1.165, 1.54) is 12.1 Å². The highest BCUT2D eigenvalue weighted by atomic mass is 19.1. The van der Waals surface area contributed by atoms with Crippen LogP contribution in [-0.2, 0) is 4.79 Å². The lowest BCUT2D eigenvalue weighted by Gasteiger charge is -2.04. The fourth-order valence-corrected chi connectivity index (χ4v) is 2.39. The van der Waals surface area contributed by atoms with Gasteiger partial charge in [0.15, 0.2) is 0 Å². The average Bonchev–Trinajstić information content (AvgIpc) is 2.89. The molecular weight excluding hydrogens is 295 g/mol. The Labute approximate surface area is 133 Å². The number of nitrogens with one attached hydrogen (secondary N) is 1. The van der Waals surface area contributed by atoms with Gasteiger partial charge in [0, 0.05) is 5.56 Å². The van der Waals surface area contributed by atoms with E-state index in [0.29, 0.717) is 11.4 Å². The number of hydrogen-bond acceptors (Lipinski definition) is 3. The Kier molecular flexibility index (Phi) is 3.93. The number of rotatable bonds is 3. The molecule has 2 aromatic rings. The molecule has 0 aliphatic carbocycles. The highest BCUT2D eigenvalue weighted by Gasteiger charge is 2.21. The predicted octanol–water partition coefficient (Wildman–Crippen LogP) is 3.06. The van der Waals surface area contributed by atoms with Crippen molar-refractivity contribution >= 4 is 17.8 Å². The summed E-state index contributed by atoms with van der Waals surface area (Å²) in [5, 5.41) is 2.66. The van der Waals surface area contributed by atoms with E-state index >= 15 is 0 Å². The van der Waals surface area contributed by atoms with Crippen molar-refractivity contribution < 1.29 is 13.9 Å². The number of methoxy groups -OCH3 is 1. The lowest BCUT2D eigenvalue weighted by Crippen LogP contribution is -2.24. The number of ether oxygens (including phenoxy) is 1. The Morgan fingerprint density at radius 2 is 2.04 bits per heavy atom. The van der Waals surface area contributed by atoms with Crippen molar-refractivity contribution in [2.75, 3.05) is 7.11 Å². The third-order valence-electron chi connectivity index (χ3n) is 3.52. The van der Waals surface area contributed by atoms with Crippen LogP contribution in [0.5, 0.6) is 5.75 Å². The molecule has 4 nitrogen and oxygen atoms in total. The van der Waals surface area contributed by atoms with Crippen molar-refractivity contribution in [1.82, 2.24) is 5.32 Å². The smallest absolute Gasteiger partial charge is 0.275 e. The molecule has 1 aliphatic rings. The third kappa shape index (κ3) is 3.13. The molecule has 0 saturated carbocycles. The molecule has 5 heteroatoms. The molecular formula is C18H15FN2O2. The van der Waals surface area contributed by atoms with Gasteiger partial charge in [-0.05, 0) is 48.4 Å². The van der Waals surface area contributed by atoms with Gasteiger partial charge in [-0.3, -0.25) is 4.79 Å². The number of halogens is 1. The normalized spacial score (nSPS) is 15.5. The quantitative estimate of drug-likeness (QED) is 0.886. The molecule has 0 fully saturated rings. The Bertz CT molecular complexity index is 841. The minimum absolute atomic E-state index is 0.286. The van der Waals surface area contributed by atoms with Crippen LogP contribution in [0.25, 0.3) is 6.08 Å². The van der Waals surface area contributed by atoms with Crippen molar-refractivity contribution in [2.24, 2.45) is 4.99 Å². The monoisotopic (exact) mass is 310 g/mol. The largest absolute Gasteiger partial charge is 0.496 e. The van der Waals surface area contributed by atoms with Gasteiger partial charge in [0.05, 0.1) is 7.11 Å². The number of aryl methyl sites for hydroxylation is 1. The van der Waals surface area contributed by atoms with E-state index in [-0.39, 0.29) is 17.4 Å². The molecule has 0 radical (unpaired) electrons. The van der Waals surface area contributed by atoms with E-state index < -0.39 is 0 Å². The standard InChI is InChI=1S/C18H15FN2O2/c1-11-8-12(6-7-16(11)23-2)9-15-18(22)21-17(20-15)13-4-3-5-14(19)10-13/h3-10H,1-2H3,(H,20,21,22)/b15-9+. The molecule has 0 saturated heterocycles. The number of amidine groups is 1. The van der Waals surface area contributed by atoms with Gasteiger partial charge in [-0.1, -0.05) is 18.2 Å². The Hall–Kier alpha value is -2.95. The zero-order chi connectivity index (χ0) is 16.4. The Balaban J connectivity index is 1.93. The summed E-state index contributed by atoms with van der Waals surface area (Å²) in [6.45, 7) is 1.93. The second-order valence-electron chi connectivity index (χ2n) is 5.18. The fourth-order valence-electron chi connectivity index (χ4n) is 2.39. The molecule has 0 bridgehead atoms. The van der Waals surface area contributed by atoms with Crippen molar-refractivity contribution in [2.45, 2.75) is 6.92 Å². The maximum atomic E-state index is 13.3. The zero-order valence-corrected chi connectivity index (χ0v) is 12.8. The summed E-state index contributed by atoms with van der Waals surface area (Å²) in [4.78, 5) is 16.3. The first-order valence-electron chi connectivity index (χ1n) is 7.09. The van der Waals surface area contributed by atoms with Crippen LogP contribution >= 0.6 is 0 Å². The van der Waals surface area contributed by atoms with Crippen molar-refractivity contribution in [1.29, 1.82) is 0 Å². The Morgan fingerprint density at radius 3 is 2.74 bits per heavy atom. The van der Waals surface area contributed by atoms with Crippen LogP contribution in [-0.4, -0.2) is 18.9 Å². The lowest BCUT2D eigenvalue weighted by molar-refractivity contribution is -0.115. The number of aliphatic imine (C=N–C) groups is 1.